The van der Waals surface area contributed by atoms with E-state index in [0.29, 0.717) is 17.1 Å². The Balaban J connectivity index is 1.17. The van der Waals surface area contributed by atoms with Crippen LogP contribution in [0.3, 0.4) is 0 Å². The Morgan fingerprint density at radius 1 is 0.974 bits per heavy atom. The summed E-state index contributed by atoms with van der Waals surface area (Å²) in [5.74, 6) is 0.290. The normalized spacial score (nSPS) is 14.5. The number of hydrogen-bond acceptors (Lipinski definition) is 6. The molecule has 2 aromatic carbocycles. The molecule has 0 aliphatic carbocycles. The van der Waals surface area contributed by atoms with Gasteiger partial charge in [-0.15, -0.1) is 0 Å². The van der Waals surface area contributed by atoms with Crippen molar-refractivity contribution in [2.75, 3.05) is 13.1 Å². The third-order valence-corrected chi connectivity index (χ3v) is 7.62. The van der Waals surface area contributed by atoms with Gasteiger partial charge in [0.1, 0.15) is 11.2 Å². The van der Waals surface area contributed by atoms with Crippen LogP contribution < -0.4 is 5.69 Å². The predicted molar refractivity (Wildman–Crippen MR) is 149 cm³/mol. The number of nitriles is 1. The maximum atomic E-state index is 12.6. The number of fused-ring (bicyclic) bond motifs is 1. The molecule has 0 atom stereocenters. The van der Waals surface area contributed by atoms with Crippen molar-refractivity contribution in [2.45, 2.75) is 25.4 Å². The van der Waals surface area contributed by atoms with Crippen molar-refractivity contribution in [3.8, 4) is 40.0 Å². The number of pyridine rings is 2. The number of benzene rings is 2. The van der Waals surface area contributed by atoms with Crippen molar-refractivity contribution in [3.05, 3.63) is 106 Å². The first-order chi connectivity index (χ1) is 19.0. The molecule has 3 aromatic rings. The zero-order chi connectivity index (χ0) is 26.9. The van der Waals surface area contributed by atoms with Gasteiger partial charge in [0.25, 0.3) is 0 Å². The Labute approximate surface area is 230 Å². The molecule has 0 radical (unpaired) electrons. The minimum atomic E-state index is -0.320. The van der Waals surface area contributed by atoms with Crippen LogP contribution in [0.5, 0.6) is 0 Å². The van der Waals surface area contributed by atoms with Crippen LogP contribution in [-0.2, 0) is 6.54 Å². The molecule has 1 fully saturated rings. The summed E-state index contributed by atoms with van der Waals surface area (Å²) in [6.07, 6.45) is 3.13. The number of aromatic nitrogens is 4. The minimum Gasteiger partial charge on any atom is -0.427 e. The number of rotatable bonds is 5. The largest absolute Gasteiger partial charge is 0.427 e. The molecule has 1 aromatic heterocycles. The first kappa shape index (κ1) is 24.9. The van der Waals surface area contributed by atoms with Crippen LogP contribution in [-0.4, -0.2) is 42.5 Å². The monoisotopic (exact) mass is 536 g/mol. The summed E-state index contributed by atoms with van der Waals surface area (Å²) in [6.45, 7) is 2.50. The molecule has 1 saturated heterocycles. The molecular weight excluding hydrogens is 512 g/mol. The summed E-state index contributed by atoms with van der Waals surface area (Å²) < 4.78 is 2.62. The van der Waals surface area contributed by atoms with Crippen LogP contribution in [0.2, 0.25) is 5.15 Å². The Kier molecular flexibility index (Phi) is 6.61. The first-order valence-electron chi connectivity index (χ1n) is 12.8. The summed E-state index contributed by atoms with van der Waals surface area (Å²) in [6, 6.07) is 25.7. The summed E-state index contributed by atoms with van der Waals surface area (Å²) in [7, 11) is 0. The molecule has 3 aliphatic heterocycles. The average Bonchev–Trinajstić information content (AvgIpc) is 3.31. The van der Waals surface area contributed by atoms with E-state index in [1.165, 1.54) is 11.8 Å². The van der Waals surface area contributed by atoms with E-state index < -0.39 is 0 Å². The SMILES string of the molecule is N#Cc1cc(-c2ccccc2)c(-c2ccc(CN3CCC(n4c5cccn(O)c-5nc4=O)CC3)cc2)nc1Cl. The van der Waals surface area contributed by atoms with E-state index in [4.69, 9.17) is 11.6 Å². The molecular formula is C30H25ClN6O2. The van der Waals surface area contributed by atoms with Gasteiger partial charge in [0.2, 0.25) is 0 Å². The van der Waals surface area contributed by atoms with E-state index in [0.717, 1.165) is 59.6 Å². The fourth-order valence-electron chi connectivity index (χ4n) is 5.36. The number of likely N-dealkylation sites (tertiary alicyclic amines) is 1. The number of piperidine rings is 1. The van der Waals surface area contributed by atoms with Gasteiger partial charge in [0.05, 0.1) is 17.0 Å². The molecule has 194 valence electrons. The molecule has 8 nitrogen and oxygen atoms in total. The van der Waals surface area contributed by atoms with Crippen molar-refractivity contribution in [1.82, 2.24) is 24.2 Å². The van der Waals surface area contributed by atoms with E-state index in [9.17, 15) is 15.3 Å². The van der Waals surface area contributed by atoms with Gasteiger partial charge in [-0.05, 0) is 42.2 Å². The van der Waals surface area contributed by atoms with E-state index in [2.05, 4.69) is 33.1 Å². The molecule has 4 heterocycles. The van der Waals surface area contributed by atoms with Gasteiger partial charge in [0.15, 0.2) is 5.82 Å². The van der Waals surface area contributed by atoms with E-state index in [1.54, 1.807) is 16.7 Å². The zero-order valence-electron chi connectivity index (χ0n) is 21.0. The molecule has 0 unspecified atom stereocenters. The molecule has 3 aliphatic rings. The number of hydrogen-bond donors (Lipinski definition) is 1. The number of halogens is 1. The molecule has 1 N–H and O–H groups in total. The third kappa shape index (κ3) is 4.78. The average molecular weight is 537 g/mol. The lowest BCUT2D eigenvalue weighted by Gasteiger charge is -2.32. The van der Waals surface area contributed by atoms with Crippen molar-refractivity contribution in [2.24, 2.45) is 0 Å². The molecule has 0 spiro atoms. The highest BCUT2D eigenvalue weighted by atomic mass is 35.5. The van der Waals surface area contributed by atoms with Gasteiger partial charge in [-0.3, -0.25) is 9.47 Å². The summed E-state index contributed by atoms with van der Waals surface area (Å²) >= 11 is 6.32. The fourth-order valence-corrected chi connectivity index (χ4v) is 5.55. The summed E-state index contributed by atoms with van der Waals surface area (Å²) in [5, 5.41) is 19.7. The zero-order valence-corrected chi connectivity index (χ0v) is 21.8. The quantitative estimate of drug-likeness (QED) is 0.236. The second-order valence-electron chi connectivity index (χ2n) is 9.73. The lowest BCUT2D eigenvalue weighted by molar-refractivity contribution is 0.177. The molecule has 0 saturated carbocycles. The van der Waals surface area contributed by atoms with E-state index >= 15 is 0 Å². The molecule has 6 rings (SSSR count). The van der Waals surface area contributed by atoms with Crippen LogP contribution in [0.4, 0.5) is 0 Å². The van der Waals surface area contributed by atoms with Gasteiger partial charge in [0, 0.05) is 43.0 Å². The second kappa shape index (κ2) is 10.4. The Morgan fingerprint density at radius 3 is 2.44 bits per heavy atom. The van der Waals surface area contributed by atoms with Crippen LogP contribution in [0, 0.1) is 11.3 Å². The predicted octanol–water partition coefficient (Wildman–Crippen LogP) is 5.48. The van der Waals surface area contributed by atoms with Gasteiger partial charge in [-0.25, -0.2) is 9.78 Å². The van der Waals surface area contributed by atoms with Crippen molar-refractivity contribution in [3.63, 3.8) is 0 Å². The second-order valence-corrected chi connectivity index (χ2v) is 10.1. The first-order valence-corrected chi connectivity index (χ1v) is 13.2. The smallest absolute Gasteiger partial charge is 0.350 e. The van der Waals surface area contributed by atoms with Gasteiger partial charge in [-0.1, -0.05) is 66.2 Å². The van der Waals surface area contributed by atoms with Crippen molar-refractivity contribution >= 4 is 11.6 Å². The maximum Gasteiger partial charge on any atom is 0.350 e. The van der Waals surface area contributed by atoms with Gasteiger partial charge < -0.3 is 5.21 Å². The van der Waals surface area contributed by atoms with Gasteiger partial charge in [-0.2, -0.15) is 15.0 Å². The topological polar surface area (TPSA) is 100.0 Å². The van der Waals surface area contributed by atoms with Crippen LogP contribution in [0.25, 0.3) is 33.9 Å². The lowest BCUT2D eigenvalue weighted by atomic mass is 9.97. The van der Waals surface area contributed by atoms with Crippen LogP contribution >= 0.6 is 11.6 Å². The standard InChI is InChI=1S/C30H25ClN6O2/c31-28-23(18-32)17-25(21-5-2-1-3-6-21)27(33-28)22-10-8-20(9-11-22)19-35-15-12-24(13-16-35)37-26-7-4-14-36(39)29(26)34-30(37)38/h1-11,14,17,24,39H,12-13,15-16,19H2. The van der Waals surface area contributed by atoms with E-state index in [-0.39, 0.29) is 16.9 Å². The minimum absolute atomic E-state index is 0.0483. The van der Waals surface area contributed by atoms with Crippen molar-refractivity contribution < 1.29 is 5.21 Å². The van der Waals surface area contributed by atoms with E-state index in [1.807, 2.05) is 48.5 Å². The Bertz CT molecular complexity index is 1700. The highest BCUT2D eigenvalue weighted by molar-refractivity contribution is 6.30. The highest BCUT2D eigenvalue weighted by Crippen LogP contribution is 2.34. The number of imidazole rings is 1. The summed E-state index contributed by atoms with van der Waals surface area (Å²) in [4.78, 5) is 23.6. The third-order valence-electron chi connectivity index (χ3n) is 7.33. The Morgan fingerprint density at radius 2 is 1.72 bits per heavy atom. The Hall–Kier alpha value is -4.45. The number of nitrogens with zero attached hydrogens (tertiary/aromatic N) is 6. The molecule has 9 heteroatoms. The molecule has 0 amide bonds. The van der Waals surface area contributed by atoms with Gasteiger partial charge >= 0.3 is 5.69 Å². The maximum absolute atomic E-state index is 12.6. The molecule has 0 bridgehead atoms. The fraction of sp³-hybridized carbons (Fsp3) is 0.200. The lowest BCUT2D eigenvalue weighted by Crippen LogP contribution is -2.36. The van der Waals surface area contributed by atoms with Crippen molar-refractivity contribution in [1.29, 1.82) is 5.26 Å². The van der Waals surface area contributed by atoms with Crippen LogP contribution in [0.1, 0.15) is 30.0 Å². The molecule has 39 heavy (non-hydrogen) atoms. The summed E-state index contributed by atoms with van der Waals surface area (Å²) in [5.41, 5.74) is 5.37. The highest BCUT2D eigenvalue weighted by Gasteiger charge is 2.27. The van der Waals surface area contributed by atoms with Crippen LogP contribution in [0.15, 0.2) is 83.8 Å².